The Balaban J connectivity index is 1.82. The monoisotopic (exact) mass is 272 g/mol. The quantitative estimate of drug-likeness (QED) is 0.561. The molecule has 0 spiro atoms. The highest BCUT2D eigenvalue weighted by Gasteiger charge is 2.07. The second-order valence-electron chi connectivity index (χ2n) is 4.74. The molecule has 4 rings (SSSR count). The van der Waals surface area contributed by atoms with E-state index in [1.807, 2.05) is 66.9 Å². The van der Waals surface area contributed by atoms with Crippen molar-refractivity contribution in [3.05, 3.63) is 73.1 Å². The van der Waals surface area contributed by atoms with Crippen LogP contribution in [0.2, 0.25) is 0 Å². The van der Waals surface area contributed by atoms with Gasteiger partial charge in [0.1, 0.15) is 0 Å². The minimum atomic E-state index is 0.607. The predicted octanol–water partition coefficient (Wildman–Crippen LogP) is 3.46. The zero-order valence-electron chi connectivity index (χ0n) is 11.2. The van der Waals surface area contributed by atoms with Gasteiger partial charge in [-0.1, -0.05) is 60.7 Å². The minimum Gasteiger partial charge on any atom is -0.209 e. The fourth-order valence-electron chi connectivity index (χ4n) is 2.27. The molecule has 2 aromatic carbocycles. The van der Waals surface area contributed by atoms with Crippen molar-refractivity contribution < 1.29 is 0 Å². The molecule has 4 nitrogen and oxygen atoms in total. The van der Waals surface area contributed by atoms with Crippen molar-refractivity contribution in [2.24, 2.45) is 0 Å². The molecule has 0 fully saturated rings. The van der Waals surface area contributed by atoms with E-state index in [-0.39, 0.29) is 0 Å². The Labute approximate surface area is 121 Å². The lowest BCUT2D eigenvalue weighted by Gasteiger charge is -1.99. The van der Waals surface area contributed by atoms with Crippen LogP contribution in [0.4, 0.5) is 0 Å². The van der Waals surface area contributed by atoms with Gasteiger partial charge in [0.15, 0.2) is 0 Å². The lowest BCUT2D eigenvalue weighted by molar-refractivity contribution is 0.905. The van der Waals surface area contributed by atoms with Gasteiger partial charge < -0.3 is 0 Å². The average molecular weight is 272 g/mol. The summed E-state index contributed by atoms with van der Waals surface area (Å²) in [6.45, 7) is 0. The molecule has 100 valence electrons. The van der Waals surface area contributed by atoms with Gasteiger partial charge in [-0.3, -0.25) is 0 Å². The molecular formula is C17H12N4. The largest absolute Gasteiger partial charge is 0.251 e. The summed E-state index contributed by atoms with van der Waals surface area (Å²) in [6, 6.07) is 20.0. The molecule has 0 aliphatic carbocycles. The van der Waals surface area contributed by atoms with E-state index in [0.717, 1.165) is 22.5 Å². The van der Waals surface area contributed by atoms with Crippen molar-refractivity contribution in [1.82, 2.24) is 19.6 Å². The number of rotatable bonds is 2. The van der Waals surface area contributed by atoms with Crippen LogP contribution in [0, 0.1) is 0 Å². The van der Waals surface area contributed by atoms with Crippen LogP contribution in [-0.4, -0.2) is 19.6 Å². The zero-order valence-corrected chi connectivity index (χ0v) is 11.2. The maximum Gasteiger partial charge on any atom is 0.251 e. The molecule has 0 aliphatic heterocycles. The van der Waals surface area contributed by atoms with Crippen molar-refractivity contribution in [1.29, 1.82) is 0 Å². The van der Waals surface area contributed by atoms with E-state index in [9.17, 15) is 0 Å². The first-order valence-electron chi connectivity index (χ1n) is 6.73. The molecule has 0 aliphatic rings. The molecule has 0 radical (unpaired) electrons. The summed E-state index contributed by atoms with van der Waals surface area (Å²) in [7, 11) is 0. The summed E-state index contributed by atoms with van der Waals surface area (Å²) >= 11 is 0. The van der Waals surface area contributed by atoms with Crippen LogP contribution in [0.5, 0.6) is 0 Å². The second kappa shape index (κ2) is 4.83. The summed E-state index contributed by atoms with van der Waals surface area (Å²) in [6.07, 6.45) is 3.66. The maximum atomic E-state index is 4.58. The van der Waals surface area contributed by atoms with Crippen molar-refractivity contribution in [3.63, 3.8) is 0 Å². The zero-order chi connectivity index (χ0) is 14.1. The topological polar surface area (TPSA) is 43.1 Å². The molecule has 4 aromatic rings. The van der Waals surface area contributed by atoms with Crippen LogP contribution in [0.1, 0.15) is 0 Å². The lowest BCUT2D eigenvalue weighted by atomic mass is 10.2. The number of hydrogen-bond acceptors (Lipinski definition) is 3. The fourth-order valence-corrected chi connectivity index (χ4v) is 2.27. The van der Waals surface area contributed by atoms with Crippen LogP contribution in [-0.2, 0) is 0 Å². The van der Waals surface area contributed by atoms with E-state index >= 15 is 0 Å². The van der Waals surface area contributed by atoms with Gasteiger partial charge in [0.05, 0.1) is 23.8 Å². The Morgan fingerprint density at radius 1 is 0.667 bits per heavy atom. The van der Waals surface area contributed by atoms with Gasteiger partial charge in [0.2, 0.25) is 0 Å². The summed E-state index contributed by atoms with van der Waals surface area (Å²) in [5, 5.41) is 4.40. The molecule has 0 saturated carbocycles. The Hall–Kier alpha value is -3.01. The minimum absolute atomic E-state index is 0.607. The first-order valence-corrected chi connectivity index (χ1v) is 6.73. The lowest BCUT2D eigenvalue weighted by Crippen LogP contribution is -1.94. The van der Waals surface area contributed by atoms with Crippen LogP contribution in [0.3, 0.4) is 0 Å². The highest BCUT2D eigenvalue weighted by molar-refractivity contribution is 5.63. The predicted molar refractivity (Wildman–Crippen MR) is 81.7 cm³/mol. The van der Waals surface area contributed by atoms with Crippen molar-refractivity contribution in [2.45, 2.75) is 0 Å². The maximum absolute atomic E-state index is 4.58. The molecule has 4 heteroatoms. The number of hydrogen-bond donors (Lipinski definition) is 0. The van der Waals surface area contributed by atoms with Gasteiger partial charge in [-0.25, -0.2) is 14.5 Å². The highest BCUT2D eigenvalue weighted by Crippen LogP contribution is 2.19. The molecule has 2 aromatic heterocycles. The number of benzene rings is 2. The van der Waals surface area contributed by atoms with E-state index in [1.54, 1.807) is 10.7 Å². The van der Waals surface area contributed by atoms with Crippen LogP contribution in [0.25, 0.3) is 28.3 Å². The second-order valence-corrected chi connectivity index (χ2v) is 4.74. The number of aromatic nitrogens is 4. The molecule has 0 N–H and O–H groups in total. The number of imidazole rings is 1. The number of fused-ring (bicyclic) bond motifs is 1. The van der Waals surface area contributed by atoms with Crippen molar-refractivity contribution in [3.8, 4) is 22.5 Å². The van der Waals surface area contributed by atoms with Crippen molar-refractivity contribution in [2.75, 3.05) is 0 Å². The summed E-state index contributed by atoms with van der Waals surface area (Å²) in [5.74, 6) is 0.607. The third-order valence-electron chi connectivity index (χ3n) is 3.33. The van der Waals surface area contributed by atoms with E-state index < -0.39 is 0 Å². The molecule has 0 saturated heterocycles. The van der Waals surface area contributed by atoms with Crippen LogP contribution >= 0.6 is 0 Å². The Kier molecular flexibility index (Phi) is 2.71. The van der Waals surface area contributed by atoms with E-state index in [4.69, 9.17) is 0 Å². The standard InChI is InChI=1S/C17H12N4/c1-3-7-13(8-4-1)15-11-18-21-12-16(20-17(21)19-15)14-9-5-2-6-10-14/h1-12H. The van der Waals surface area contributed by atoms with E-state index in [2.05, 4.69) is 15.1 Å². The third-order valence-corrected chi connectivity index (χ3v) is 3.33. The van der Waals surface area contributed by atoms with Gasteiger partial charge in [-0.05, 0) is 0 Å². The fraction of sp³-hybridized carbons (Fsp3) is 0. The van der Waals surface area contributed by atoms with Gasteiger partial charge in [0, 0.05) is 11.1 Å². The van der Waals surface area contributed by atoms with Crippen LogP contribution in [0.15, 0.2) is 73.1 Å². The smallest absolute Gasteiger partial charge is 0.209 e. The van der Waals surface area contributed by atoms with Gasteiger partial charge in [0.25, 0.3) is 5.78 Å². The SMILES string of the molecule is c1ccc(-c2cnn3cc(-c4ccccc4)nc3n2)cc1. The summed E-state index contributed by atoms with van der Waals surface area (Å²) < 4.78 is 1.70. The van der Waals surface area contributed by atoms with Gasteiger partial charge >= 0.3 is 0 Å². The molecule has 0 atom stereocenters. The summed E-state index contributed by atoms with van der Waals surface area (Å²) in [5.41, 5.74) is 3.80. The Bertz CT molecular complexity index is 845. The third kappa shape index (κ3) is 2.17. The first-order chi connectivity index (χ1) is 10.4. The highest BCUT2D eigenvalue weighted by atomic mass is 15.3. The molecular weight excluding hydrogens is 260 g/mol. The molecule has 21 heavy (non-hydrogen) atoms. The van der Waals surface area contributed by atoms with Crippen molar-refractivity contribution >= 4 is 5.78 Å². The molecule has 0 amide bonds. The first kappa shape index (κ1) is 11.8. The Morgan fingerprint density at radius 2 is 1.24 bits per heavy atom. The number of nitrogens with zero attached hydrogens (tertiary/aromatic N) is 4. The normalized spacial score (nSPS) is 10.9. The van der Waals surface area contributed by atoms with Gasteiger partial charge in [-0.15, -0.1) is 0 Å². The molecule has 0 bridgehead atoms. The molecule has 0 unspecified atom stereocenters. The van der Waals surface area contributed by atoms with E-state index in [1.165, 1.54) is 0 Å². The van der Waals surface area contributed by atoms with Gasteiger partial charge in [-0.2, -0.15) is 5.10 Å². The molecule has 2 heterocycles. The average Bonchev–Trinajstić information content (AvgIpc) is 2.99. The summed E-state index contributed by atoms with van der Waals surface area (Å²) in [4.78, 5) is 9.14. The van der Waals surface area contributed by atoms with E-state index in [0.29, 0.717) is 5.78 Å². The Morgan fingerprint density at radius 3 is 1.90 bits per heavy atom. The van der Waals surface area contributed by atoms with Crippen LogP contribution < -0.4 is 0 Å².